The van der Waals surface area contributed by atoms with Crippen LogP contribution in [0.4, 0.5) is 68.2 Å². The summed E-state index contributed by atoms with van der Waals surface area (Å²) in [6.45, 7) is 10.4. The lowest BCUT2D eigenvalue weighted by Gasteiger charge is -2.28. The fourth-order valence-corrected chi connectivity index (χ4v) is 8.87. The van der Waals surface area contributed by atoms with Gasteiger partial charge >= 0.3 is 0 Å². The van der Waals surface area contributed by atoms with Gasteiger partial charge in [0.2, 0.25) is 0 Å². The summed E-state index contributed by atoms with van der Waals surface area (Å²) in [7, 11) is 0. The lowest BCUT2D eigenvalue weighted by molar-refractivity contribution is 0.111. The maximum Gasteiger partial charge on any atom is 0.150 e. The first-order chi connectivity index (χ1) is 36.6. The molecule has 0 aromatic heterocycles. The van der Waals surface area contributed by atoms with Gasteiger partial charge < -0.3 is 19.6 Å². The van der Waals surface area contributed by atoms with Crippen LogP contribution in [-0.4, -0.2) is 18.9 Å². The molecule has 0 unspecified atom stereocenters. The highest BCUT2D eigenvalue weighted by molar-refractivity contribution is 5.85. The van der Waals surface area contributed by atoms with E-state index in [2.05, 4.69) is 224 Å². The number of hydrogen-bond acceptors (Lipinski definition) is 7. The molecule has 7 nitrogen and oxygen atoms in total. The van der Waals surface area contributed by atoms with Crippen molar-refractivity contribution in [2.75, 3.05) is 19.6 Å². The summed E-state index contributed by atoms with van der Waals surface area (Å²) in [6.07, 6.45) is 2.59. The molecule has 10 rings (SSSR count). The fraction of sp³-hybridized carbons (Fsp3) is 0.0735. The van der Waals surface area contributed by atoms with E-state index in [0.29, 0.717) is 16.7 Å². The molecule has 0 amide bonds. The summed E-state index contributed by atoms with van der Waals surface area (Å²) in [4.78, 5) is 42.5. The minimum absolute atomic E-state index is 0.641. The molecule has 75 heavy (non-hydrogen) atoms. The van der Waals surface area contributed by atoms with Gasteiger partial charge in [0.05, 0.1) is 0 Å². The average molecular weight is 979 g/mol. The van der Waals surface area contributed by atoms with Gasteiger partial charge in [0.1, 0.15) is 18.9 Å². The summed E-state index contributed by atoms with van der Waals surface area (Å²) >= 11 is 0. The van der Waals surface area contributed by atoms with Gasteiger partial charge in [-0.05, 0) is 217 Å². The number of nitrogens with zero attached hydrogens (tertiary/aromatic N) is 4. The molecule has 10 aromatic rings. The average Bonchev–Trinajstić information content (AvgIpc) is 3.45. The Balaban J connectivity index is 0.000000184. The van der Waals surface area contributed by atoms with Crippen LogP contribution in [0.5, 0.6) is 0 Å². The monoisotopic (exact) mass is 978 g/mol. The minimum Gasteiger partial charge on any atom is -0.311 e. The normalized spacial score (nSPS) is 10.6. The highest BCUT2D eigenvalue weighted by Crippen LogP contribution is 2.41. The first-order valence-corrected chi connectivity index (χ1v) is 25.0. The van der Waals surface area contributed by atoms with Crippen LogP contribution in [0.3, 0.4) is 0 Å². The lowest BCUT2D eigenvalue weighted by atomic mass is 10.1. The standard InChI is InChI=1S/C34H28N2O2.C34H30N2O/c1-25-3-11-29(12-4-25)35(31-15-7-27(23-37)8-16-31)33-19-21-34(22-20-33)36(30-13-5-26(2)6-14-30)32-17-9-28(24-38)10-18-32;1-25-4-12-29(13-5-25)35(30-14-6-26(2)7-15-30)33-20-22-34(23-21-33)36(31-16-8-27(3)9-17-31)32-18-10-28(24-37)11-19-32/h3-24H,1-2H3;4-24H,1-3H3. The number of aldehydes is 3. The van der Waals surface area contributed by atoms with Crippen LogP contribution in [0.15, 0.2) is 243 Å². The van der Waals surface area contributed by atoms with Gasteiger partial charge in [0, 0.05) is 84.9 Å². The smallest absolute Gasteiger partial charge is 0.150 e. The third kappa shape index (κ3) is 12.0. The third-order valence-corrected chi connectivity index (χ3v) is 13.1. The Bertz CT molecular complexity index is 3300. The maximum atomic E-state index is 11.2. The molecule has 0 radical (unpaired) electrons. The number of hydrogen-bond donors (Lipinski definition) is 0. The largest absolute Gasteiger partial charge is 0.311 e. The molecule has 0 heterocycles. The molecule has 7 heteroatoms. The summed E-state index contributed by atoms with van der Waals surface area (Å²) in [5, 5.41) is 0. The quantitative estimate of drug-likeness (QED) is 0.0948. The molecule has 10 aromatic carbocycles. The van der Waals surface area contributed by atoms with Gasteiger partial charge in [-0.25, -0.2) is 0 Å². The molecule has 0 fully saturated rings. The first kappa shape index (κ1) is 50.4. The number of anilines is 12. The second-order valence-corrected chi connectivity index (χ2v) is 18.7. The van der Waals surface area contributed by atoms with E-state index < -0.39 is 0 Å². The zero-order chi connectivity index (χ0) is 52.3. The van der Waals surface area contributed by atoms with Crippen LogP contribution >= 0.6 is 0 Å². The molecule has 0 bridgehead atoms. The summed E-state index contributed by atoms with van der Waals surface area (Å²) in [5.74, 6) is 0. The number of rotatable bonds is 15. The fourth-order valence-electron chi connectivity index (χ4n) is 8.87. The van der Waals surface area contributed by atoms with Crippen molar-refractivity contribution in [1.29, 1.82) is 0 Å². The Labute approximate surface area is 440 Å². The number of carbonyl (C=O) groups is 3. The predicted octanol–water partition coefficient (Wildman–Crippen LogP) is 18.2. The minimum atomic E-state index is 0.641. The third-order valence-electron chi connectivity index (χ3n) is 13.1. The van der Waals surface area contributed by atoms with Crippen molar-refractivity contribution in [2.45, 2.75) is 34.6 Å². The molecule has 0 aliphatic rings. The van der Waals surface area contributed by atoms with Crippen LogP contribution in [0.1, 0.15) is 58.9 Å². The Morgan fingerprint density at radius 2 is 0.293 bits per heavy atom. The van der Waals surface area contributed by atoms with Crippen molar-refractivity contribution in [3.05, 3.63) is 287 Å². The highest BCUT2D eigenvalue weighted by Gasteiger charge is 2.18. The van der Waals surface area contributed by atoms with E-state index >= 15 is 0 Å². The zero-order valence-corrected chi connectivity index (χ0v) is 42.8. The topological polar surface area (TPSA) is 64.2 Å². The van der Waals surface area contributed by atoms with Crippen molar-refractivity contribution in [1.82, 2.24) is 0 Å². The van der Waals surface area contributed by atoms with E-state index in [0.717, 1.165) is 87.1 Å². The van der Waals surface area contributed by atoms with Crippen molar-refractivity contribution in [2.24, 2.45) is 0 Å². The van der Waals surface area contributed by atoms with E-state index in [9.17, 15) is 14.4 Å². The van der Waals surface area contributed by atoms with E-state index in [1.807, 2.05) is 72.8 Å². The van der Waals surface area contributed by atoms with Gasteiger partial charge in [-0.15, -0.1) is 0 Å². The Hall–Kier alpha value is -9.59. The molecular formula is C68H58N4O3. The van der Waals surface area contributed by atoms with Gasteiger partial charge in [-0.2, -0.15) is 0 Å². The van der Waals surface area contributed by atoms with Crippen LogP contribution in [0, 0.1) is 34.6 Å². The predicted molar refractivity (Wildman–Crippen MR) is 311 cm³/mol. The van der Waals surface area contributed by atoms with E-state index in [-0.39, 0.29) is 0 Å². The van der Waals surface area contributed by atoms with Crippen LogP contribution in [0.25, 0.3) is 0 Å². The molecule has 0 aliphatic carbocycles. The second kappa shape index (κ2) is 23.3. The Kier molecular flexibility index (Phi) is 15.6. The first-order valence-electron chi connectivity index (χ1n) is 25.0. The summed E-state index contributed by atoms with van der Waals surface area (Å²) in [5.41, 5.74) is 20.4. The molecule has 368 valence electrons. The SMILES string of the molecule is Cc1ccc(N(c2ccc(C)cc2)c2ccc(N(c3ccc(C)cc3)c3ccc(C=O)cc3)cc2)cc1.Cc1ccc(N(c2ccc(C=O)cc2)c2ccc(N(c3ccc(C)cc3)c3ccc(C=O)cc3)cc2)cc1. The molecule has 0 saturated heterocycles. The Morgan fingerprint density at radius 3 is 0.413 bits per heavy atom. The van der Waals surface area contributed by atoms with Gasteiger partial charge in [-0.1, -0.05) is 88.5 Å². The van der Waals surface area contributed by atoms with Crippen LogP contribution in [-0.2, 0) is 0 Å². The zero-order valence-electron chi connectivity index (χ0n) is 42.8. The molecule has 0 saturated carbocycles. The molecule has 0 spiro atoms. The van der Waals surface area contributed by atoms with Gasteiger partial charge in [0.15, 0.2) is 0 Å². The van der Waals surface area contributed by atoms with Gasteiger partial charge in [-0.3, -0.25) is 14.4 Å². The molecule has 0 atom stereocenters. The van der Waals surface area contributed by atoms with E-state index in [4.69, 9.17) is 0 Å². The van der Waals surface area contributed by atoms with Gasteiger partial charge in [0.25, 0.3) is 0 Å². The number of carbonyl (C=O) groups excluding carboxylic acids is 3. The molecular weight excluding hydrogens is 921 g/mol. The molecule has 0 aliphatic heterocycles. The number of benzene rings is 10. The van der Waals surface area contributed by atoms with Crippen LogP contribution < -0.4 is 19.6 Å². The summed E-state index contributed by atoms with van der Waals surface area (Å²) < 4.78 is 0. The Morgan fingerprint density at radius 1 is 0.187 bits per heavy atom. The molecule has 0 N–H and O–H groups in total. The van der Waals surface area contributed by atoms with E-state index in [1.165, 1.54) is 27.8 Å². The van der Waals surface area contributed by atoms with Crippen molar-refractivity contribution >= 4 is 87.1 Å². The van der Waals surface area contributed by atoms with Crippen LogP contribution in [0.2, 0.25) is 0 Å². The number of aryl methyl sites for hydroxylation is 5. The van der Waals surface area contributed by atoms with Crippen molar-refractivity contribution in [3.63, 3.8) is 0 Å². The van der Waals surface area contributed by atoms with Crippen molar-refractivity contribution in [3.8, 4) is 0 Å². The van der Waals surface area contributed by atoms with Crippen molar-refractivity contribution < 1.29 is 14.4 Å². The lowest BCUT2D eigenvalue weighted by Crippen LogP contribution is -2.12. The van der Waals surface area contributed by atoms with E-state index in [1.54, 1.807) is 0 Å². The second-order valence-electron chi connectivity index (χ2n) is 18.7. The highest BCUT2D eigenvalue weighted by atomic mass is 16.1. The maximum absolute atomic E-state index is 11.2. The summed E-state index contributed by atoms with van der Waals surface area (Å²) in [6, 6.07) is 82.4.